The van der Waals surface area contributed by atoms with Crippen LogP contribution >= 0.6 is 46.5 Å². The molecule has 1 aromatic heterocycles. The third-order valence-electron chi connectivity index (χ3n) is 3.49. The second-order valence-corrected chi connectivity index (χ2v) is 9.49. The first-order chi connectivity index (χ1) is 14.5. The van der Waals surface area contributed by atoms with Crippen LogP contribution < -0.4 is 5.43 Å². The Morgan fingerprint density at radius 3 is 2.67 bits per heavy atom. The van der Waals surface area contributed by atoms with Crippen LogP contribution in [0.3, 0.4) is 0 Å². The lowest BCUT2D eigenvalue weighted by molar-refractivity contribution is -0.384. The minimum absolute atomic E-state index is 0.0379. The molecule has 12 heteroatoms. The molecule has 30 heavy (non-hydrogen) atoms. The molecule has 0 aliphatic rings. The summed E-state index contributed by atoms with van der Waals surface area (Å²) in [5.74, 6) is 0.599. The second-order valence-electron chi connectivity index (χ2n) is 5.66. The number of amides is 1. The number of carbonyl (C=O) groups is 1. The first kappa shape index (κ1) is 22.2. The van der Waals surface area contributed by atoms with Gasteiger partial charge in [0.15, 0.2) is 8.68 Å². The van der Waals surface area contributed by atoms with Crippen molar-refractivity contribution in [3.63, 3.8) is 0 Å². The van der Waals surface area contributed by atoms with E-state index in [1.807, 2.05) is 18.2 Å². The van der Waals surface area contributed by atoms with E-state index in [-0.39, 0.29) is 22.4 Å². The van der Waals surface area contributed by atoms with Crippen molar-refractivity contribution in [1.29, 1.82) is 0 Å². The van der Waals surface area contributed by atoms with E-state index in [2.05, 4.69) is 32.9 Å². The van der Waals surface area contributed by atoms with Gasteiger partial charge in [0.25, 0.3) is 11.6 Å². The number of hydrogen-bond donors (Lipinski definition) is 1. The van der Waals surface area contributed by atoms with Crippen LogP contribution in [0.4, 0.5) is 5.69 Å². The number of carbonyl (C=O) groups excluding carboxylic acids is 1. The summed E-state index contributed by atoms with van der Waals surface area (Å²) in [6.45, 7) is 0. The molecule has 8 nitrogen and oxygen atoms in total. The summed E-state index contributed by atoms with van der Waals surface area (Å²) >= 11 is 10.0. The van der Waals surface area contributed by atoms with Crippen LogP contribution in [0.25, 0.3) is 0 Å². The van der Waals surface area contributed by atoms with Crippen molar-refractivity contribution in [1.82, 2.24) is 15.6 Å². The summed E-state index contributed by atoms with van der Waals surface area (Å²) in [7, 11) is 0. The number of halogens is 1. The summed E-state index contributed by atoms with van der Waals surface area (Å²) in [4.78, 5) is 22.2. The average molecular weight is 480 g/mol. The van der Waals surface area contributed by atoms with Crippen molar-refractivity contribution in [2.24, 2.45) is 5.10 Å². The fourth-order valence-electron chi connectivity index (χ4n) is 2.12. The fraction of sp³-hybridized carbons (Fsp3) is 0.111. The second kappa shape index (κ2) is 11.1. The Morgan fingerprint density at radius 1 is 1.20 bits per heavy atom. The van der Waals surface area contributed by atoms with Gasteiger partial charge >= 0.3 is 0 Å². The third kappa shape index (κ3) is 6.80. The average Bonchev–Trinajstić information content (AvgIpc) is 3.20. The topological polar surface area (TPSA) is 110 Å². The van der Waals surface area contributed by atoms with Crippen molar-refractivity contribution in [3.8, 4) is 0 Å². The summed E-state index contributed by atoms with van der Waals surface area (Å²) < 4.78 is 1.53. The molecule has 0 spiro atoms. The van der Waals surface area contributed by atoms with Gasteiger partial charge in [0.05, 0.1) is 16.9 Å². The number of benzene rings is 2. The normalized spacial score (nSPS) is 11.0. The first-order valence-corrected chi connectivity index (χ1v) is 11.6. The maximum absolute atomic E-state index is 11.9. The SMILES string of the molecule is O=C(CSc1nnc(SCc2ccccc2)s1)NN=Cc1ccc(Cl)c([N+](=O)[O-])c1. The van der Waals surface area contributed by atoms with Gasteiger partial charge in [0.1, 0.15) is 5.02 Å². The Labute approximate surface area is 189 Å². The maximum Gasteiger partial charge on any atom is 0.288 e. The van der Waals surface area contributed by atoms with E-state index in [1.165, 1.54) is 47.0 Å². The molecule has 0 aliphatic carbocycles. The molecule has 0 radical (unpaired) electrons. The number of aromatic nitrogens is 2. The van der Waals surface area contributed by atoms with Gasteiger partial charge < -0.3 is 0 Å². The van der Waals surface area contributed by atoms with Gasteiger partial charge in [-0.05, 0) is 11.6 Å². The number of hydrazone groups is 1. The lowest BCUT2D eigenvalue weighted by atomic mass is 10.2. The number of nitrogens with one attached hydrogen (secondary N) is 1. The summed E-state index contributed by atoms with van der Waals surface area (Å²) in [5.41, 5.74) is 3.81. The first-order valence-electron chi connectivity index (χ1n) is 8.40. The van der Waals surface area contributed by atoms with Crippen LogP contribution in [-0.2, 0) is 10.5 Å². The zero-order valence-corrected chi connectivity index (χ0v) is 18.4. The van der Waals surface area contributed by atoms with Crippen molar-refractivity contribution < 1.29 is 9.72 Å². The Bertz CT molecular complexity index is 1060. The standard InChI is InChI=1S/C18H14ClN5O3S3/c19-14-7-6-13(8-15(14)24(26)27)9-20-21-16(25)11-29-18-23-22-17(30-18)28-10-12-4-2-1-3-5-12/h1-9H,10-11H2,(H,21,25). The minimum Gasteiger partial charge on any atom is -0.272 e. The fourth-order valence-corrected chi connectivity index (χ4v) is 5.08. The van der Waals surface area contributed by atoms with E-state index >= 15 is 0 Å². The third-order valence-corrected chi connectivity index (χ3v) is 7.07. The number of nitro groups is 1. The number of nitro benzene ring substituents is 1. The Balaban J connectivity index is 1.44. The number of thioether (sulfide) groups is 2. The predicted octanol–water partition coefficient (Wildman–Crippen LogP) is 4.63. The van der Waals surface area contributed by atoms with Crippen LogP contribution in [0.5, 0.6) is 0 Å². The molecule has 3 rings (SSSR count). The van der Waals surface area contributed by atoms with Gasteiger partial charge in [-0.3, -0.25) is 14.9 Å². The smallest absolute Gasteiger partial charge is 0.272 e. The molecule has 0 atom stereocenters. The largest absolute Gasteiger partial charge is 0.288 e. The highest BCUT2D eigenvalue weighted by Crippen LogP contribution is 2.30. The minimum atomic E-state index is -0.580. The molecule has 3 aromatic rings. The Hall–Kier alpha value is -2.47. The van der Waals surface area contributed by atoms with Crippen LogP contribution in [0.1, 0.15) is 11.1 Å². The number of hydrogen-bond acceptors (Lipinski definition) is 9. The Kier molecular flexibility index (Phi) is 8.20. The molecule has 0 unspecified atom stereocenters. The van der Waals surface area contributed by atoms with Crippen LogP contribution in [0.2, 0.25) is 5.02 Å². The Morgan fingerprint density at radius 2 is 1.93 bits per heavy atom. The van der Waals surface area contributed by atoms with E-state index in [0.29, 0.717) is 9.90 Å². The zero-order valence-electron chi connectivity index (χ0n) is 15.2. The van der Waals surface area contributed by atoms with Crippen LogP contribution in [0, 0.1) is 10.1 Å². The van der Waals surface area contributed by atoms with Gasteiger partial charge in [0, 0.05) is 17.4 Å². The van der Waals surface area contributed by atoms with Crippen molar-refractivity contribution in [2.75, 3.05) is 5.75 Å². The summed E-state index contributed by atoms with van der Waals surface area (Å²) in [6, 6.07) is 14.3. The highest BCUT2D eigenvalue weighted by Gasteiger charge is 2.12. The molecular formula is C18H14ClN5O3S3. The lowest BCUT2D eigenvalue weighted by Gasteiger charge is -1.99. The highest BCUT2D eigenvalue weighted by molar-refractivity contribution is 8.03. The van der Waals surface area contributed by atoms with E-state index in [9.17, 15) is 14.9 Å². The van der Waals surface area contributed by atoms with Crippen molar-refractivity contribution in [3.05, 3.63) is 74.8 Å². The molecule has 0 aliphatic heterocycles. The molecular weight excluding hydrogens is 466 g/mol. The van der Waals surface area contributed by atoms with Gasteiger partial charge in [-0.15, -0.1) is 10.2 Å². The van der Waals surface area contributed by atoms with Gasteiger partial charge in [-0.1, -0.05) is 82.9 Å². The van der Waals surface area contributed by atoms with Crippen LogP contribution in [-0.4, -0.2) is 33.0 Å². The number of nitrogens with zero attached hydrogens (tertiary/aromatic N) is 4. The lowest BCUT2D eigenvalue weighted by Crippen LogP contribution is -2.19. The molecule has 0 fully saturated rings. The monoisotopic (exact) mass is 479 g/mol. The molecule has 0 saturated carbocycles. The summed E-state index contributed by atoms with van der Waals surface area (Å²) in [5, 5.41) is 22.9. The number of rotatable bonds is 9. The van der Waals surface area contributed by atoms with Crippen LogP contribution in [0.15, 0.2) is 62.3 Å². The van der Waals surface area contributed by atoms with E-state index in [1.54, 1.807) is 17.8 Å². The molecule has 1 heterocycles. The highest BCUT2D eigenvalue weighted by atomic mass is 35.5. The molecule has 1 N–H and O–H groups in total. The van der Waals surface area contributed by atoms with Crippen molar-refractivity contribution >= 4 is 64.3 Å². The molecule has 154 valence electrons. The zero-order chi connectivity index (χ0) is 21.3. The van der Waals surface area contributed by atoms with E-state index in [4.69, 9.17) is 11.6 Å². The van der Waals surface area contributed by atoms with Gasteiger partial charge in [-0.25, -0.2) is 5.43 Å². The molecule has 0 saturated heterocycles. The van der Waals surface area contributed by atoms with E-state index < -0.39 is 4.92 Å². The van der Waals surface area contributed by atoms with E-state index in [0.717, 1.165) is 10.1 Å². The molecule has 2 aromatic carbocycles. The molecule has 1 amide bonds. The summed E-state index contributed by atoms with van der Waals surface area (Å²) in [6.07, 6.45) is 1.31. The van der Waals surface area contributed by atoms with Gasteiger partial charge in [0.2, 0.25) is 0 Å². The predicted molar refractivity (Wildman–Crippen MR) is 120 cm³/mol. The van der Waals surface area contributed by atoms with Crippen molar-refractivity contribution in [2.45, 2.75) is 14.4 Å². The maximum atomic E-state index is 11.9. The molecule has 0 bridgehead atoms. The quantitative estimate of drug-likeness (QED) is 0.206. The van der Waals surface area contributed by atoms with Gasteiger partial charge in [-0.2, -0.15) is 5.10 Å².